The summed E-state index contributed by atoms with van der Waals surface area (Å²) in [5.74, 6) is -1.01. The summed E-state index contributed by atoms with van der Waals surface area (Å²) in [6.45, 7) is 3.33. The first-order valence-corrected chi connectivity index (χ1v) is 13.1. The van der Waals surface area contributed by atoms with Gasteiger partial charge < -0.3 is 19.6 Å². The second-order valence-electron chi connectivity index (χ2n) is 9.57. The first kappa shape index (κ1) is 27.7. The summed E-state index contributed by atoms with van der Waals surface area (Å²) >= 11 is 12.7. The van der Waals surface area contributed by atoms with Crippen molar-refractivity contribution in [3.63, 3.8) is 0 Å². The average molecular weight is 553 g/mol. The number of halogens is 2. The zero-order chi connectivity index (χ0) is 27.4. The van der Waals surface area contributed by atoms with Gasteiger partial charge in [0.15, 0.2) is 0 Å². The van der Waals surface area contributed by atoms with E-state index in [2.05, 4.69) is 0 Å². The van der Waals surface area contributed by atoms with Gasteiger partial charge >= 0.3 is 0 Å². The summed E-state index contributed by atoms with van der Waals surface area (Å²) in [5.41, 5.74) is 2.76. The number of Topliss-reactive ketones (excluding diaryl/α,β-unsaturated/α-hetero) is 1. The Morgan fingerprint density at radius 2 is 1.76 bits per heavy atom. The molecule has 4 rings (SSSR count). The number of aliphatic hydroxyl groups excluding tert-OH is 1. The number of carbonyl (C=O) groups is 2. The van der Waals surface area contributed by atoms with Gasteiger partial charge in [-0.2, -0.15) is 0 Å². The molecule has 1 atom stereocenters. The zero-order valence-electron chi connectivity index (χ0n) is 21.6. The fourth-order valence-corrected chi connectivity index (χ4v) is 5.08. The van der Waals surface area contributed by atoms with Gasteiger partial charge in [0.05, 0.1) is 11.6 Å². The van der Waals surface area contributed by atoms with E-state index in [0.717, 1.165) is 17.7 Å². The van der Waals surface area contributed by atoms with Crippen LogP contribution in [0.4, 0.5) is 0 Å². The van der Waals surface area contributed by atoms with Crippen LogP contribution in [0.5, 0.6) is 5.75 Å². The quantitative estimate of drug-likeness (QED) is 0.193. The van der Waals surface area contributed by atoms with Crippen molar-refractivity contribution in [2.75, 3.05) is 27.2 Å². The van der Waals surface area contributed by atoms with Gasteiger partial charge in [-0.25, -0.2) is 0 Å². The Labute approximate surface area is 233 Å². The monoisotopic (exact) mass is 552 g/mol. The predicted molar refractivity (Wildman–Crippen MR) is 151 cm³/mol. The van der Waals surface area contributed by atoms with Crippen molar-refractivity contribution in [1.29, 1.82) is 0 Å². The van der Waals surface area contributed by atoms with Crippen LogP contribution in [0.2, 0.25) is 10.0 Å². The van der Waals surface area contributed by atoms with Crippen LogP contribution >= 0.6 is 23.2 Å². The van der Waals surface area contributed by atoms with Crippen LogP contribution in [-0.2, 0) is 16.2 Å². The molecule has 6 nitrogen and oxygen atoms in total. The van der Waals surface area contributed by atoms with Crippen molar-refractivity contribution < 1.29 is 19.4 Å². The third kappa shape index (κ3) is 6.04. The summed E-state index contributed by atoms with van der Waals surface area (Å²) in [6.07, 6.45) is 0.647. The molecule has 198 valence electrons. The molecule has 1 heterocycles. The molecular formula is C30H30Cl2N2O4. The number of carbonyl (C=O) groups excluding carboxylic acids is 2. The minimum Gasteiger partial charge on any atom is -0.507 e. The lowest BCUT2D eigenvalue weighted by Gasteiger charge is -2.26. The number of ether oxygens (including phenoxy) is 1. The minimum atomic E-state index is -0.837. The van der Waals surface area contributed by atoms with E-state index in [4.69, 9.17) is 27.9 Å². The van der Waals surface area contributed by atoms with Gasteiger partial charge in [0, 0.05) is 22.2 Å². The largest absolute Gasteiger partial charge is 0.507 e. The Morgan fingerprint density at radius 3 is 2.42 bits per heavy atom. The number of rotatable bonds is 9. The summed E-state index contributed by atoms with van der Waals surface area (Å²) in [4.78, 5) is 29.9. The first-order valence-electron chi connectivity index (χ1n) is 12.3. The maximum absolute atomic E-state index is 13.3. The number of hydrogen-bond acceptors (Lipinski definition) is 5. The number of benzene rings is 3. The summed E-state index contributed by atoms with van der Waals surface area (Å²) in [6, 6.07) is 19.1. The van der Waals surface area contributed by atoms with Gasteiger partial charge in [-0.15, -0.1) is 0 Å². The van der Waals surface area contributed by atoms with Crippen molar-refractivity contribution in [1.82, 2.24) is 9.80 Å². The van der Waals surface area contributed by atoms with E-state index in [0.29, 0.717) is 46.5 Å². The van der Waals surface area contributed by atoms with Crippen molar-refractivity contribution >= 4 is 40.7 Å². The van der Waals surface area contributed by atoms with Crippen LogP contribution in [0.1, 0.15) is 34.7 Å². The normalized spacial score (nSPS) is 16.9. The molecule has 1 unspecified atom stereocenters. The Kier molecular flexibility index (Phi) is 8.77. The second-order valence-corrected chi connectivity index (χ2v) is 10.4. The molecule has 0 spiro atoms. The minimum absolute atomic E-state index is 0.00132. The Hall–Kier alpha value is -3.32. The van der Waals surface area contributed by atoms with E-state index in [1.54, 1.807) is 36.4 Å². The van der Waals surface area contributed by atoms with Gasteiger partial charge in [0.25, 0.3) is 11.7 Å². The average Bonchev–Trinajstić information content (AvgIpc) is 3.13. The predicted octanol–water partition coefficient (Wildman–Crippen LogP) is 6.25. The lowest BCUT2D eigenvalue weighted by atomic mass is 9.94. The molecular weight excluding hydrogens is 523 g/mol. The molecule has 1 aliphatic rings. The molecule has 0 bridgehead atoms. The summed E-state index contributed by atoms with van der Waals surface area (Å²) in [7, 11) is 3.88. The Morgan fingerprint density at radius 1 is 1.03 bits per heavy atom. The number of amides is 1. The van der Waals surface area contributed by atoms with Crippen LogP contribution in [0, 0.1) is 6.92 Å². The Bertz CT molecular complexity index is 1370. The summed E-state index contributed by atoms with van der Waals surface area (Å²) in [5, 5.41) is 12.2. The standard InChI is InChI=1S/C30H30Cl2N2O4/c1-19-16-21(10-13-25(19)38-18-20-8-5-4-6-9-20)28(35)26-27(23-12-11-22(31)17-24(23)32)34(30(37)29(26)36)15-7-14-33(2)3/h4-6,8-13,16-17,27,35H,7,14-15,18H2,1-3H3/b28-26+. The highest BCUT2D eigenvalue weighted by Crippen LogP contribution is 2.42. The van der Waals surface area contributed by atoms with Gasteiger partial charge in [0.2, 0.25) is 0 Å². The van der Waals surface area contributed by atoms with Crippen molar-refractivity contribution in [3.8, 4) is 5.75 Å². The van der Waals surface area contributed by atoms with Crippen molar-refractivity contribution in [2.45, 2.75) is 26.0 Å². The number of nitrogens with zero attached hydrogens (tertiary/aromatic N) is 2. The van der Waals surface area contributed by atoms with Gasteiger partial charge in [-0.1, -0.05) is 59.6 Å². The van der Waals surface area contributed by atoms with E-state index < -0.39 is 17.7 Å². The van der Waals surface area contributed by atoms with Crippen molar-refractivity contribution in [2.24, 2.45) is 0 Å². The van der Waals surface area contributed by atoms with E-state index in [9.17, 15) is 14.7 Å². The van der Waals surface area contributed by atoms with E-state index >= 15 is 0 Å². The molecule has 0 radical (unpaired) electrons. The molecule has 8 heteroatoms. The Balaban J connectivity index is 1.71. The molecule has 3 aromatic carbocycles. The second kappa shape index (κ2) is 12.0. The smallest absolute Gasteiger partial charge is 0.295 e. The van der Waals surface area contributed by atoms with E-state index in [1.165, 1.54) is 4.90 Å². The molecule has 38 heavy (non-hydrogen) atoms. The number of aliphatic hydroxyl groups is 1. The van der Waals surface area contributed by atoms with Gasteiger partial charge in [0.1, 0.15) is 18.1 Å². The van der Waals surface area contributed by atoms with Crippen LogP contribution < -0.4 is 4.74 Å². The third-order valence-corrected chi connectivity index (χ3v) is 7.05. The van der Waals surface area contributed by atoms with E-state index in [-0.39, 0.29) is 11.3 Å². The zero-order valence-corrected chi connectivity index (χ0v) is 23.1. The molecule has 1 fully saturated rings. The van der Waals surface area contributed by atoms with Crippen LogP contribution in [0.15, 0.2) is 72.3 Å². The fraction of sp³-hybridized carbons (Fsp3) is 0.267. The molecule has 0 saturated carbocycles. The maximum atomic E-state index is 13.3. The third-order valence-electron chi connectivity index (χ3n) is 6.49. The molecule has 1 saturated heterocycles. The molecule has 0 aromatic heterocycles. The number of likely N-dealkylation sites (tertiary alicyclic amines) is 1. The fourth-order valence-electron chi connectivity index (χ4n) is 4.56. The number of aryl methyl sites for hydroxylation is 1. The van der Waals surface area contributed by atoms with Gasteiger partial charge in [-0.05, 0) is 81.0 Å². The lowest BCUT2D eigenvalue weighted by molar-refractivity contribution is -0.139. The van der Waals surface area contributed by atoms with Crippen molar-refractivity contribution in [3.05, 3.63) is 105 Å². The highest BCUT2D eigenvalue weighted by atomic mass is 35.5. The maximum Gasteiger partial charge on any atom is 0.295 e. The highest BCUT2D eigenvalue weighted by molar-refractivity contribution is 6.47. The molecule has 1 aliphatic heterocycles. The molecule has 1 amide bonds. The van der Waals surface area contributed by atoms with Crippen LogP contribution in [0.3, 0.4) is 0 Å². The van der Waals surface area contributed by atoms with E-state index in [1.807, 2.05) is 56.3 Å². The molecule has 1 N–H and O–H groups in total. The SMILES string of the molecule is Cc1cc(/C(O)=C2\C(=O)C(=O)N(CCCN(C)C)C2c2ccc(Cl)cc2Cl)ccc1OCc1ccccc1. The topological polar surface area (TPSA) is 70.1 Å². The van der Waals surface area contributed by atoms with Crippen LogP contribution in [0.25, 0.3) is 5.76 Å². The lowest BCUT2D eigenvalue weighted by Crippen LogP contribution is -2.32. The highest BCUT2D eigenvalue weighted by Gasteiger charge is 2.46. The van der Waals surface area contributed by atoms with Crippen LogP contribution in [-0.4, -0.2) is 53.8 Å². The molecule has 0 aliphatic carbocycles. The number of hydrogen-bond donors (Lipinski definition) is 1. The first-order chi connectivity index (χ1) is 18.2. The van der Waals surface area contributed by atoms with Gasteiger partial charge in [-0.3, -0.25) is 9.59 Å². The molecule has 3 aromatic rings. The summed E-state index contributed by atoms with van der Waals surface area (Å²) < 4.78 is 5.96. The number of ketones is 1.